The Kier molecular flexibility index (Phi) is 58.3. The van der Waals surface area contributed by atoms with Gasteiger partial charge in [0.25, 0.3) is 0 Å². The van der Waals surface area contributed by atoms with Gasteiger partial charge in [0.05, 0.1) is 0 Å². The van der Waals surface area contributed by atoms with Gasteiger partial charge in [-0.3, -0.25) is 14.4 Å². The average Bonchev–Trinajstić information content (AvgIpc) is 3.40. The van der Waals surface area contributed by atoms with Gasteiger partial charge in [-0.25, -0.2) is 0 Å². The summed E-state index contributed by atoms with van der Waals surface area (Å²) in [7, 11) is 0. The molecule has 0 radical (unpaired) electrons. The molecule has 0 aliphatic carbocycles. The lowest BCUT2D eigenvalue weighted by atomic mass is 10.1. The van der Waals surface area contributed by atoms with E-state index in [1.54, 1.807) is 0 Å². The number of hydrogen-bond acceptors (Lipinski definition) is 6. The van der Waals surface area contributed by atoms with Crippen LogP contribution in [0.2, 0.25) is 0 Å². The molecule has 1 atom stereocenters. The molecule has 0 aromatic carbocycles. The van der Waals surface area contributed by atoms with E-state index in [0.717, 1.165) is 135 Å². The SMILES string of the molecule is CC/C=C\C/C=C\C/C=C\C/C=C\C/C=C\CCCCCCCC(=O)OCC(COC(=O)CCCCCCCCC/C=C\C/C=C\CCCCC)OC(=O)CCCCCCCCC/C=C\C/C=C\CCCCCC. The minimum Gasteiger partial charge on any atom is -0.462 e. The number of esters is 3. The second kappa shape index (κ2) is 61.6. The van der Waals surface area contributed by atoms with Crippen LogP contribution in [-0.4, -0.2) is 37.2 Å². The maximum atomic E-state index is 12.9. The molecular weight excluding hydrogens is 913 g/mol. The van der Waals surface area contributed by atoms with Crippen molar-refractivity contribution in [2.45, 2.75) is 290 Å². The van der Waals surface area contributed by atoms with Gasteiger partial charge >= 0.3 is 17.9 Å². The van der Waals surface area contributed by atoms with Crippen LogP contribution in [0.25, 0.3) is 0 Å². The Labute approximate surface area is 457 Å². The number of rotatable bonds is 55. The molecule has 0 fully saturated rings. The molecule has 6 nitrogen and oxygen atoms in total. The van der Waals surface area contributed by atoms with Crippen LogP contribution in [0.3, 0.4) is 0 Å². The Morgan fingerprint density at radius 1 is 0.284 bits per heavy atom. The second-order valence-electron chi connectivity index (χ2n) is 20.2. The second-order valence-corrected chi connectivity index (χ2v) is 20.2. The Morgan fingerprint density at radius 3 is 0.851 bits per heavy atom. The fraction of sp³-hybridized carbons (Fsp3) is 0.691. The molecular formula is C68H114O6. The molecule has 0 bridgehead atoms. The van der Waals surface area contributed by atoms with Crippen molar-refractivity contribution in [2.75, 3.05) is 13.2 Å². The van der Waals surface area contributed by atoms with Crippen molar-refractivity contribution < 1.29 is 28.6 Å². The van der Waals surface area contributed by atoms with Crippen LogP contribution in [0.1, 0.15) is 284 Å². The van der Waals surface area contributed by atoms with Crippen LogP contribution in [-0.2, 0) is 28.6 Å². The summed E-state index contributed by atoms with van der Waals surface area (Å²) >= 11 is 0. The molecule has 0 N–H and O–H groups in total. The fourth-order valence-electron chi connectivity index (χ4n) is 8.35. The van der Waals surface area contributed by atoms with Gasteiger partial charge in [-0.15, -0.1) is 0 Å². The van der Waals surface area contributed by atoms with Crippen LogP contribution in [0, 0.1) is 0 Å². The highest BCUT2D eigenvalue weighted by Gasteiger charge is 2.19. The zero-order valence-electron chi connectivity index (χ0n) is 48.3. The average molecular weight is 1030 g/mol. The van der Waals surface area contributed by atoms with Gasteiger partial charge in [-0.2, -0.15) is 0 Å². The lowest BCUT2D eigenvalue weighted by molar-refractivity contribution is -0.167. The van der Waals surface area contributed by atoms with Gasteiger partial charge in [0.2, 0.25) is 0 Å². The zero-order chi connectivity index (χ0) is 53.6. The lowest BCUT2D eigenvalue weighted by Crippen LogP contribution is -2.30. The number of hydrogen-bond donors (Lipinski definition) is 0. The van der Waals surface area contributed by atoms with Gasteiger partial charge in [-0.05, 0) is 128 Å². The van der Waals surface area contributed by atoms with E-state index in [-0.39, 0.29) is 31.1 Å². The van der Waals surface area contributed by atoms with Crippen molar-refractivity contribution in [1.29, 1.82) is 0 Å². The molecule has 0 spiro atoms. The maximum Gasteiger partial charge on any atom is 0.306 e. The Morgan fingerprint density at radius 2 is 0.527 bits per heavy atom. The number of carbonyl (C=O) groups excluding carboxylic acids is 3. The van der Waals surface area contributed by atoms with Gasteiger partial charge < -0.3 is 14.2 Å². The highest BCUT2D eigenvalue weighted by Crippen LogP contribution is 2.15. The lowest BCUT2D eigenvalue weighted by Gasteiger charge is -2.18. The minimum absolute atomic E-state index is 0.0928. The standard InChI is InChI=1S/C68H114O6/c1-4-7-10-13-16-19-22-25-28-31-33-34-35-38-40-43-46-49-52-55-58-61-67(70)73-64-65(63-72-66(69)60-57-54-51-48-45-42-39-36-30-27-24-21-18-15-12-9-6-3)74-68(71)62-59-56-53-50-47-44-41-37-32-29-26-23-20-17-14-11-8-5-2/h7,10,16,18-21,23,25,27-30,32-34,38,40,65H,4-6,8-9,11-15,17,22,24,26,31,35-37,39,41-64H2,1-3H3/b10-7-,19-16-,21-18-,23-20-,28-25-,30-27-,32-29-,34-33-,40-38-. The molecule has 6 heteroatoms. The first kappa shape index (κ1) is 70.1. The van der Waals surface area contributed by atoms with Crippen LogP contribution in [0.15, 0.2) is 109 Å². The summed E-state index contributed by atoms with van der Waals surface area (Å²) in [5.74, 6) is -0.922. The first-order valence-electron chi connectivity index (χ1n) is 30.9. The monoisotopic (exact) mass is 1030 g/mol. The van der Waals surface area contributed by atoms with Gasteiger partial charge in [0.1, 0.15) is 13.2 Å². The van der Waals surface area contributed by atoms with E-state index in [2.05, 4.69) is 130 Å². The summed E-state index contributed by atoms with van der Waals surface area (Å²) in [6.45, 7) is 6.47. The highest BCUT2D eigenvalue weighted by molar-refractivity contribution is 5.71. The number of unbranched alkanes of at least 4 members (excludes halogenated alkanes) is 26. The Hall–Kier alpha value is -3.93. The topological polar surface area (TPSA) is 78.9 Å². The molecule has 0 heterocycles. The van der Waals surface area contributed by atoms with Crippen molar-refractivity contribution in [1.82, 2.24) is 0 Å². The van der Waals surface area contributed by atoms with Crippen molar-refractivity contribution in [2.24, 2.45) is 0 Å². The highest BCUT2D eigenvalue weighted by atomic mass is 16.6. The first-order valence-corrected chi connectivity index (χ1v) is 30.9. The number of ether oxygens (including phenoxy) is 3. The molecule has 0 amide bonds. The van der Waals surface area contributed by atoms with E-state index in [1.807, 2.05) is 0 Å². The third kappa shape index (κ3) is 59.0. The normalized spacial score (nSPS) is 12.9. The largest absolute Gasteiger partial charge is 0.462 e. The molecule has 0 rings (SSSR count). The van der Waals surface area contributed by atoms with Crippen LogP contribution >= 0.6 is 0 Å². The van der Waals surface area contributed by atoms with Crippen molar-refractivity contribution >= 4 is 17.9 Å². The van der Waals surface area contributed by atoms with E-state index < -0.39 is 6.10 Å². The number of allylic oxidation sites excluding steroid dienone is 18. The van der Waals surface area contributed by atoms with E-state index in [1.165, 1.54) is 109 Å². The van der Waals surface area contributed by atoms with Gasteiger partial charge in [0, 0.05) is 19.3 Å². The summed E-state index contributed by atoms with van der Waals surface area (Å²) in [5.41, 5.74) is 0. The first-order chi connectivity index (χ1) is 36.5. The molecule has 0 aliphatic rings. The summed E-state index contributed by atoms with van der Waals surface area (Å²) in [6.07, 6.45) is 83.6. The molecule has 0 aliphatic heterocycles. The minimum atomic E-state index is -0.797. The third-order valence-electron chi connectivity index (χ3n) is 13.0. The predicted octanol–water partition coefficient (Wildman–Crippen LogP) is 21.0. The maximum absolute atomic E-state index is 12.9. The smallest absolute Gasteiger partial charge is 0.306 e. The summed E-state index contributed by atoms with van der Waals surface area (Å²) in [4.78, 5) is 38.3. The van der Waals surface area contributed by atoms with E-state index in [4.69, 9.17) is 14.2 Å². The van der Waals surface area contributed by atoms with Crippen molar-refractivity contribution in [3.63, 3.8) is 0 Å². The van der Waals surface area contributed by atoms with Crippen molar-refractivity contribution in [3.8, 4) is 0 Å². The van der Waals surface area contributed by atoms with E-state index >= 15 is 0 Å². The third-order valence-corrected chi connectivity index (χ3v) is 13.0. The predicted molar refractivity (Wildman–Crippen MR) is 320 cm³/mol. The quantitative estimate of drug-likeness (QED) is 0.0261. The van der Waals surface area contributed by atoms with E-state index in [9.17, 15) is 14.4 Å². The molecule has 74 heavy (non-hydrogen) atoms. The van der Waals surface area contributed by atoms with Crippen molar-refractivity contribution in [3.05, 3.63) is 109 Å². The summed E-state index contributed by atoms with van der Waals surface area (Å²) in [6, 6.07) is 0. The molecule has 422 valence electrons. The molecule has 0 saturated carbocycles. The summed E-state index contributed by atoms with van der Waals surface area (Å²) in [5, 5.41) is 0. The molecule has 1 unspecified atom stereocenters. The zero-order valence-corrected chi connectivity index (χ0v) is 48.3. The molecule has 0 aromatic rings. The van der Waals surface area contributed by atoms with Crippen LogP contribution in [0.4, 0.5) is 0 Å². The van der Waals surface area contributed by atoms with E-state index in [0.29, 0.717) is 19.3 Å². The Bertz CT molecular complexity index is 1510. The van der Waals surface area contributed by atoms with Gasteiger partial charge in [0.15, 0.2) is 6.10 Å². The Balaban J connectivity index is 4.46. The van der Waals surface area contributed by atoms with Crippen LogP contribution in [0.5, 0.6) is 0 Å². The molecule has 0 saturated heterocycles. The summed E-state index contributed by atoms with van der Waals surface area (Å²) < 4.78 is 16.9. The van der Waals surface area contributed by atoms with Crippen LogP contribution < -0.4 is 0 Å². The number of carbonyl (C=O) groups is 3. The fourth-order valence-corrected chi connectivity index (χ4v) is 8.35. The molecule has 0 aromatic heterocycles. The van der Waals surface area contributed by atoms with Gasteiger partial charge in [-0.1, -0.05) is 246 Å².